The van der Waals surface area contributed by atoms with E-state index in [0.29, 0.717) is 11.8 Å². The van der Waals surface area contributed by atoms with Crippen molar-refractivity contribution in [1.29, 1.82) is 0 Å². The zero-order valence-electron chi connectivity index (χ0n) is 24.3. The summed E-state index contributed by atoms with van der Waals surface area (Å²) in [5.41, 5.74) is 9.86. The Morgan fingerprint density at radius 2 is 1.90 bits per heavy atom. The Morgan fingerprint density at radius 1 is 1.12 bits per heavy atom. The largest absolute Gasteiger partial charge is 0.387 e. The topological polar surface area (TPSA) is 47.9 Å². The molecule has 1 N–H and O–H groups in total. The monoisotopic (exact) mass is 568 g/mol. The van der Waals surface area contributed by atoms with Gasteiger partial charge in [0.1, 0.15) is 6.29 Å². The molecule has 0 aromatic heterocycles. The molecule has 0 bridgehead atoms. The Balaban J connectivity index is 1.28. The highest BCUT2D eigenvalue weighted by atomic mass is 35.5. The number of nitrogens with zero attached hydrogens (tertiary/aromatic N) is 3. The molecule has 6 heteroatoms. The molecule has 2 aromatic carbocycles. The van der Waals surface area contributed by atoms with Gasteiger partial charge in [0.15, 0.2) is 0 Å². The van der Waals surface area contributed by atoms with Crippen LogP contribution in [0.15, 0.2) is 88.7 Å². The van der Waals surface area contributed by atoms with Crippen LogP contribution in [0, 0.1) is 5.41 Å². The molecule has 41 heavy (non-hydrogen) atoms. The number of carbonyl (C=O) groups is 1. The summed E-state index contributed by atoms with van der Waals surface area (Å²) in [4.78, 5) is 21.0. The normalized spacial score (nSPS) is 20.4. The van der Waals surface area contributed by atoms with Crippen LogP contribution in [0.5, 0.6) is 0 Å². The summed E-state index contributed by atoms with van der Waals surface area (Å²) < 4.78 is 0. The van der Waals surface area contributed by atoms with E-state index in [4.69, 9.17) is 11.6 Å². The molecular weight excluding hydrogens is 528 g/mol. The van der Waals surface area contributed by atoms with Crippen molar-refractivity contribution < 1.29 is 4.79 Å². The number of anilines is 1. The van der Waals surface area contributed by atoms with Crippen molar-refractivity contribution in [3.05, 3.63) is 105 Å². The van der Waals surface area contributed by atoms with Gasteiger partial charge in [-0.25, -0.2) is 0 Å². The second-order valence-corrected chi connectivity index (χ2v) is 12.6. The van der Waals surface area contributed by atoms with E-state index in [1.807, 2.05) is 24.4 Å². The van der Waals surface area contributed by atoms with Crippen molar-refractivity contribution in [2.75, 3.05) is 44.2 Å². The van der Waals surface area contributed by atoms with Crippen molar-refractivity contribution >= 4 is 35.9 Å². The van der Waals surface area contributed by atoms with E-state index in [1.165, 1.54) is 28.8 Å². The Labute approximate surface area is 250 Å². The Morgan fingerprint density at radius 3 is 2.59 bits per heavy atom. The number of nitrogens with one attached hydrogen (secondary N) is 1. The van der Waals surface area contributed by atoms with Gasteiger partial charge in [0.05, 0.1) is 0 Å². The van der Waals surface area contributed by atoms with E-state index in [0.717, 1.165) is 80.1 Å². The first kappa shape index (κ1) is 29.1. The molecule has 0 atom stereocenters. The van der Waals surface area contributed by atoms with Gasteiger partial charge in [0.25, 0.3) is 0 Å². The zero-order valence-corrected chi connectivity index (χ0v) is 25.1. The Kier molecular flexibility index (Phi) is 9.26. The molecule has 5 nitrogen and oxygen atoms in total. The van der Waals surface area contributed by atoms with Gasteiger partial charge in [-0.1, -0.05) is 49.2 Å². The van der Waals surface area contributed by atoms with Gasteiger partial charge < -0.3 is 10.2 Å². The van der Waals surface area contributed by atoms with E-state index in [-0.39, 0.29) is 0 Å². The maximum atomic E-state index is 11.9. The van der Waals surface area contributed by atoms with Crippen LogP contribution in [0.25, 0.3) is 5.57 Å². The molecule has 1 saturated heterocycles. The first-order valence-electron chi connectivity index (χ1n) is 14.6. The lowest BCUT2D eigenvalue weighted by Gasteiger charge is -2.39. The van der Waals surface area contributed by atoms with Crippen molar-refractivity contribution in [2.24, 2.45) is 10.4 Å². The Hall–Kier alpha value is -3.41. The number of allylic oxidation sites excluding steroid dienone is 3. The van der Waals surface area contributed by atoms with E-state index >= 15 is 0 Å². The maximum Gasteiger partial charge on any atom is 0.150 e. The summed E-state index contributed by atoms with van der Waals surface area (Å²) in [6.45, 7) is 14.2. The molecule has 3 aliphatic rings. The first-order chi connectivity index (χ1) is 19.8. The van der Waals surface area contributed by atoms with Crippen LogP contribution in [-0.2, 0) is 6.42 Å². The fourth-order valence-electron chi connectivity index (χ4n) is 6.16. The first-order valence-corrected chi connectivity index (χ1v) is 15.0. The third kappa shape index (κ3) is 7.46. The average Bonchev–Trinajstić information content (AvgIpc) is 3.48. The van der Waals surface area contributed by atoms with Gasteiger partial charge in [-0.05, 0) is 108 Å². The molecule has 0 saturated carbocycles. The minimum absolute atomic E-state index is 0.320. The van der Waals surface area contributed by atoms with E-state index < -0.39 is 0 Å². The molecule has 0 radical (unpaired) electrons. The lowest BCUT2D eigenvalue weighted by atomic mass is 9.72. The molecule has 2 aliphatic heterocycles. The number of hydrogen-bond acceptors (Lipinski definition) is 5. The molecule has 0 spiro atoms. The summed E-state index contributed by atoms with van der Waals surface area (Å²) >= 11 is 6.20. The molecule has 1 fully saturated rings. The molecule has 2 aromatic rings. The van der Waals surface area contributed by atoms with Gasteiger partial charge in [-0.2, -0.15) is 0 Å². The summed E-state index contributed by atoms with van der Waals surface area (Å²) in [6, 6.07) is 14.6. The molecule has 214 valence electrons. The molecule has 0 unspecified atom stereocenters. The number of aldehydes is 1. The fraction of sp³-hybridized carbons (Fsp3) is 0.371. The fourth-order valence-corrected chi connectivity index (χ4v) is 6.29. The lowest BCUT2D eigenvalue weighted by Crippen LogP contribution is -2.47. The smallest absolute Gasteiger partial charge is 0.150 e. The number of hydrogen-bond donors (Lipinski definition) is 1. The number of carbonyl (C=O) groups excluding carboxylic acids is 1. The number of halogens is 1. The predicted octanol–water partition coefficient (Wildman–Crippen LogP) is 7.11. The number of benzene rings is 2. The zero-order chi connectivity index (χ0) is 28.8. The molecular formula is C35H41ClN4O. The summed E-state index contributed by atoms with van der Waals surface area (Å²) in [7, 11) is 0. The number of aliphatic imine (C=N–C) groups is 1. The van der Waals surface area contributed by atoms with Crippen molar-refractivity contribution in [2.45, 2.75) is 39.5 Å². The van der Waals surface area contributed by atoms with Crippen molar-refractivity contribution in [3.8, 4) is 0 Å². The van der Waals surface area contributed by atoms with Crippen LogP contribution in [0.4, 0.5) is 5.69 Å². The van der Waals surface area contributed by atoms with Crippen molar-refractivity contribution in [3.63, 3.8) is 0 Å². The van der Waals surface area contributed by atoms with Gasteiger partial charge in [0.2, 0.25) is 0 Å². The van der Waals surface area contributed by atoms with Gasteiger partial charge in [-0.15, -0.1) is 0 Å². The van der Waals surface area contributed by atoms with Gasteiger partial charge in [0, 0.05) is 61.7 Å². The second-order valence-electron chi connectivity index (χ2n) is 12.2. The molecule has 0 amide bonds. The number of rotatable bonds is 9. The summed E-state index contributed by atoms with van der Waals surface area (Å²) in [5, 5.41) is 4.00. The van der Waals surface area contributed by atoms with Crippen LogP contribution >= 0.6 is 11.6 Å². The maximum absolute atomic E-state index is 11.9. The van der Waals surface area contributed by atoms with Crippen LogP contribution in [0.1, 0.15) is 54.6 Å². The predicted molar refractivity (Wildman–Crippen MR) is 173 cm³/mol. The van der Waals surface area contributed by atoms with Gasteiger partial charge >= 0.3 is 0 Å². The summed E-state index contributed by atoms with van der Waals surface area (Å²) in [5.74, 6) is 0. The van der Waals surface area contributed by atoms with E-state index in [9.17, 15) is 4.79 Å². The number of piperazine rings is 1. The van der Waals surface area contributed by atoms with Crippen LogP contribution in [0.3, 0.4) is 0 Å². The lowest BCUT2D eigenvalue weighted by molar-refractivity contribution is 0.112. The quantitative estimate of drug-likeness (QED) is 0.259. The molecule has 1 aliphatic carbocycles. The van der Waals surface area contributed by atoms with E-state index in [2.05, 4.69) is 77.1 Å². The minimum Gasteiger partial charge on any atom is -0.387 e. The third-order valence-electron chi connectivity index (χ3n) is 8.53. The molecule has 2 heterocycles. The van der Waals surface area contributed by atoms with Gasteiger partial charge in [-0.3, -0.25) is 14.7 Å². The highest BCUT2D eigenvalue weighted by Gasteiger charge is 2.29. The highest BCUT2D eigenvalue weighted by Crippen LogP contribution is 2.43. The SMILES string of the molecule is C=N/C=C(\C=C1\C=CNC1)Cc1cc(N2CCN(CC3=C(c4ccc(Cl)cc4)CC(C)(C)CC3)CC2)ccc1C=O. The highest BCUT2D eigenvalue weighted by molar-refractivity contribution is 6.30. The third-order valence-corrected chi connectivity index (χ3v) is 8.78. The van der Waals surface area contributed by atoms with E-state index in [1.54, 1.807) is 11.8 Å². The standard InChI is InChI=1S/C35H41ClN4O/c1-35(2)12-10-29(34(21-35)28-4-7-32(36)8-5-28)24-39-14-16-40(17-15-39)33-9-6-30(25-41)31(20-33)19-27(22-37-3)18-26-11-13-38-23-26/h4-9,11,13,18,20,22,25,38H,3,10,12,14-17,19,21,23-24H2,1-2H3/b26-18-,27-22+. The van der Waals surface area contributed by atoms with Crippen molar-refractivity contribution in [1.82, 2.24) is 10.2 Å². The van der Waals surface area contributed by atoms with Crippen LogP contribution < -0.4 is 10.2 Å². The molecule has 5 rings (SSSR count). The summed E-state index contributed by atoms with van der Waals surface area (Å²) in [6.07, 6.45) is 13.0. The second kappa shape index (κ2) is 13.1. The minimum atomic E-state index is 0.320. The van der Waals surface area contributed by atoms with Crippen LogP contribution in [-0.4, -0.2) is 57.2 Å². The Bertz CT molecular complexity index is 1390. The van der Waals surface area contributed by atoms with Crippen LogP contribution in [0.2, 0.25) is 5.02 Å². The average molecular weight is 569 g/mol.